The number of aldehydes is 1. The van der Waals surface area contributed by atoms with Crippen LogP contribution in [0.15, 0.2) is 106 Å². The monoisotopic (exact) mass is 1600 g/mol. The molecule has 0 bridgehead atoms. The van der Waals surface area contributed by atoms with Gasteiger partial charge in [0.2, 0.25) is 29.6 Å². The molecule has 2 aromatic carbocycles. The normalized spacial score (nSPS) is 33.7. The van der Waals surface area contributed by atoms with Crippen LogP contribution >= 0.6 is 0 Å². The summed E-state index contributed by atoms with van der Waals surface area (Å²) in [6.45, 7) is 27.4. The summed E-state index contributed by atoms with van der Waals surface area (Å²) >= 11 is 0. The molecule has 3 radical (unpaired) electrons. The number of aryl methyl sites for hydroxylation is 2. The number of fused-ring (bicyclic) bond motifs is 12. The maximum atomic E-state index is 12.7. The molecule has 8 fully saturated rings. The molecule has 4 heterocycles. The van der Waals surface area contributed by atoms with Crippen LogP contribution in [0.4, 0.5) is 0 Å². The van der Waals surface area contributed by atoms with Crippen LogP contribution in [-0.2, 0) is 75.1 Å². The quantitative estimate of drug-likeness (QED) is 0.0172. The number of piperidine rings is 2. The van der Waals surface area contributed by atoms with Gasteiger partial charge < -0.3 is 63.8 Å². The average Bonchev–Trinajstić information content (AvgIpc) is 1.58. The van der Waals surface area contributed by atoms with Crippen LogP contribution in [0.5, 0.6) is 0 Å². The SMILES string of the molecule is CC(=O)OOC(C)=O.CC1=C2C[C@H]3[C@@H](CC=C4C[C@@H](O)CC[C@@]43C)[C@@H]2CC[C@@]2(C1)O[C@@H]1C[C@H](C)CN(CCNC(=O)CNC(=O)CCc3ccccc3)[C@H]1[C@H]2C.CC1=C2C[C@H]3[C@@H](CC=C4C[C@@H](O)CC[C@@]43C)[C@@H]2CC[C@@]2(C1)O[C@@H]1C[C@H](C)CN[C@H]1[C@H]2C.O=CCNC(=O)CCCCCNC(=O)CCc1ccccc1.[B-]OC(C)=O.[Na+]. The van der Waals surface area contributed by atoms with Crippen molar-refractivity contribution >= 4 is 55.9 Å². The number of rotatable bonds is 19. The Morgan fingerprint density at radius 2 is 1.08 bits per heavy atom. The van der Waals surface area contributed by atoms with Crippen molar-refractivity contribution in [2.24, 2.45) is 70.0 Å². The molecular weight excluding hydrogens is 1460 g/mol. The summed E-state index contributed by atoms with van der Waals surface area (Å²) in [5.74, 6) is 4.77. The van der Waals surface area contributed by atoms with Crippen LogP contribution in [0.2, 0.25) is 0 Å². The van der Waals surface area contributed by atoms with Gasteiger partial charge in [0.25, 0.3) is 0 Å². The number of aliphatic hydroxyl groups is 2. The molecule has 2 spiro atoms. The third-order valence-electron chi connectivity index (χ3n) is 28.7. The van der Waals surface area contributed by atoms with E-state index in [1.54, 1.807) is 33.4 Å². The van der Waals surface area contributed by atoms with E-state index in [9.17, 15) is 48.6 Å². The molecule has 4 aliphatic heterocycles. The summed E-state index contributed by atoms with van der Waals surface area (Å²) in [7, 11) is 4.32. The molecule has 4 saturated carbocycles. The van der Waals surface area contributed by atoms with E-state index in [-0.39, 0.29) is 101 Å². The molecule has 627 valence electrons. The van der Waals surface area contributed by atoms with Gasteiger partial charge in [-0.25, -0.2) is 19.4 Å². The minimum absolute atomic E-state index is 0. The van der Waals surface area contributed by atoms with E-state index in [0.717, 1.165) is 152 Å². The number of unbranched alkanes of at least 4 members (excludes halogenated alkanes) is 2. The van der Waals surface area contributed by atoms with Gasteiger partial charge in [-0.05, 0) is 231 Å². The first-order valence-corrected chi connectivity index (χ1v) is 43.2. The Morgan fingerprint density at radius 1 is 0.591 bits per heavy atom. The number of nitrogens with zero attached hydrogens (tertiary/aromatic N) is 1. The minimum atomic E-state index is -0.639. The molecule has 0 unspecified atom stereocenters. The molecule has 4 saturated heterocycles. The van der Waals surface area contributed by atoms with E-state index in [0.29, 0.717) is 98.3 Å². The van der Waals surface area contributed by atoms with E-state index in [2.05, 4.69) is 122 Å². The molecule has 14 rings (SSSR count). The Labute approximate surface area is 708 Å². The Bertz CT molecular complexity index is 3750. The zero-order valence-corrected chi connectivity index (χ0v) is 73.3. The molecule has 12 aliphatic rings. The van der Waals surface area contributed by atoms with E-state index >= 15 is 0 Å². The molecule has 20 atom stereocenters. The predicted molar refractivity (Wildman–Crippen MR) is 440 cm³/mol. The van der Waals surface area contributed by atoms with Gasteiger partial charge in [-0.2, -0.15) is 0 Å². The standard InChI is InChI=1S/C41H59N3O4.C28H43NO2.C17H24N2O3.C4H6O4.C2H3BO2.Na/c1-26-20-36-39(44(25-26)19-18-42-38(47)24-43-37(46)13-10-29-8-6-5-7-9-29)28(3)41(48-36)17-15-32-33-12-11-30-21-31(45)14-16-40(30,4)35(33)22-34(32)27(2)23-41;1-16-11-25-26(29-15-16)18(3)28(31-25)10-8-21-22-6-5-19-12-20(30)7-9-27(19,4)24(22)13-23(21)17(2)14-28;20-14-13-19-16(21)9-5-2-6-12-18-17(22)11-10-15-7-3-1-4-8-15;1-3(5)7-8-4(2)6;1-2(4)5-3;/h5-9,11,26,28,31-33,35-36,39,45H,10,12-25H2,1-4H3,(H,42,47)(H,43,46);5,16,18,20-22,24-26,29-30H,6-15H2,1-4H3;1,3-4,7-8,14H,2,5-6,9-13H2,(H,18,22)(H,19,21);1-2H3;1H3;/q;;;;-1;+1/t26-,28+,31-,32-,33-,35-,36+,39-,40-,41-;16-,18+,20-,21-,22-,24-,25+,26-,27-,28-;;;;/m00..../s1. The molecular formula is C92H135BN6NaO15. The van der Waals surface area contributed by atoms with Crippen LogP contribution in [-0.4, -0.2) is 164 Å². The van der Waals surface area contributed by atoms with Crippen molar-refractivity contribution in [1.29, 1.82) is 0 Å². The minimum Gasteiger partial charge on any atom is -0.793 e. The van der Waals surface area contributed by atoms with Crippen molar-refractivity contribution in [3.05, 3.63) is 117 Å². The van der Waals surface area contributed by atoms with Crippen molar-refractivity contribution in [3.63, 3.8) is 0 Å². The van der Waals surface area contributed by atoms with E-state index in [4.69, 9.17) is 9.47 Å². The largest absolute Gasteiger partial charge is 1.00 e. The Morgan fingerprint density at radius 3 is 1.59 bits per heavy atom. The van der Waals surface area contributed by atoms with E-state index < -0.39 is 17.9 Å². The number of hydrogen-bond donors (Lipinski definition) is 7. The maximum Gasteiger partial charge on any atom is 1.00 e. The van der Waals surface area contributed by atoms with Crippen molar-refractivity contribution in [2.45, 2.75) is 291 Å². The summed E-state index contributed by atoms with van der Waals surface area (Å²) in [4.78, 5) is 97.3. The second-order valence-corrected chi connectivity index (χ2v) is 36.4. The molecule has 2 aromatic rings. The van der Waals surface area contributed by atoms with Gasteiger partial charge in [-0.15, -0.1) is 0 Å². The molecule has 21 nitrogen and oxygen atoms in total. The van der Waals surface area contributed by atoms with Gasteiger partial charge in [-0.1, -0.05) is 154 Å². The van der Waals surface area contributed by atoms with Crippen molar-refractivity contribution < 1.29 is 102 Å². The zero-order chi connectivity index (χ0) is 82.1. The summed E-state index contributed by atoms with van der Waals surface area (Å²) in [6.07, 6.45) is 31.8. The number of ether oxygens (including phenoxy) is 2. The number of allylic oxidation sites excluding steroid dienone is 4. The summed E-state index contributed by atoms with van der Waals surface area (Å²) < 4.78 is 17.9. The maximum absolute atomic E-state index is 12.7. The third kappa shape index (κ3) is 23.8. The molecule has 8 aliphatic carbocycles. The van der Waals surface area contributed by atoms with Crippen LogP contribution in [0.1, 0.15) is 241 Å². The number of likely N-dealkylation sites (tertiary alicyclic amines) is 1. The second-order valence-electron chi connectivity index (χ2n) is 36.4. The number of hydrogen-bond acceptors (Lipinski definition) is 17. The molecule has 115 heavy (non-hydrogen) atoms. The van der Waals surface area contributed by atoms with Gasteiger partial charge in [0.1, 0.15) is 6.29 Å². The summed E-state index contributed by atoms with van der Waals surface area (Å²) in [5.41, 5.74) is 12.7. The fourth-order valence-corrected chi connectivity index (χ4v) is 22.8. The third-order valence-corrected chi connectivity index (χ3v) is 28.7. The zero-order valence-electron chi connectivity index (χ0n) is 71.3. The van der Waals surface area contributed by atoms with Crippen LogP contribution in [0.25, 0.3) is 0 Å². The van der Waals surface area contributed by atoms with Crippen molar-refractivity contribution in [3.8, 4) is 0 Å². The number of carbonyl (C=O) groups is 8. The number of benzene rings is 2. The average molecular weight is 1600 g/mol. The van der Waals surface area contributed by atoms with Crippen molar-refractivity contribution in [2.75, 3.05) is 45.8 Å². The van der Waals surface area contributed by atoms with E-state index in [1.807, 2.05) is 60.7 Å². The van der Waals surface area contributed by atoms with Crippen LogP contribution in [0, 0.1) is 70.0 Å². The first-order valence-electron chi connectivity index (χ1n) is 43.2. The van der Waals surface area contributed by atoms with E-state index in [1.165, 1.54) is 70.3 Å². The van der Waals surface area contributed by atoms with Gasteiger partial charge in [-0.3, -0.25) is 28.9 Å². The Balaban J connectivity index is 0.000000193. The first kappa shape index (κ1) is 93.1. The van der Waals surface area contributed by atoms with Crippen LogP contribution < -0.4 is 56.1 Å². The molecule has 0 aromatic heterocycles. The second kappa shape index (κ2) is 42.9. The topological polar surface area (TPSA) is 287 Å². The van der Waals surface area contributed by atoms with Gasteiger partial charge in [0, 0.05) is 90.1 Å². The fourth-order valence-electron chi connectivity index (χ4n) is 22.8. The Kier molecular flexibility index (Phi) is 34.7. The van der Waals surface area contributed by atoms with Gasteiger partial charge in [0.15, 0.2) is 0 Å². The molecule has 23 heteroatoms. The molecule has 7 N–H and O–H groups in total. The predicted octanol–water partition coefficient (Wildman–Crippen LogP) is 9.64. The van der Waals surface area contributed by atoms with Crippen molar-refractivity contribution in [1.82, 2.24) is 31.5 Å². The fraction of sp³-hybridized carbons (Fsp3) is 0.696. The number of nitrogens with one attached hydrogen (secondary N) is 5. The number of carbonyl (C=O) groups excluding carboxylic acids is 8. The summed E-state index contributed by atoms with van der Waals surface area (Å²) in [6, 6.07) is 20.8. The van der Waals surface area contributed by atoms with Gasteiger partial charge in [0.05, 0.1) is 48.7 Å². The van der Waals surface area contributed by atoms with Gasteiger partial charge >= 0.3 is 41.5 Å². The molecule has 4 amide bonds. The number of aliphatic hydroxyl groups excluding tert-OH is 2. The smallest absolute Gasteiger partial charge is 0.793 e. The Hall–Kier alpha value is -5.82. The first-order chi connectivity index (χ1) is 54.5. The summed E-state index contributed by atoms with van der Waals surface area (Å²) in [5, 5.41) is 35.8. The van der Waals surface area contributed by atoms with Crippen LogP contribution in [0.3, 0.4) is 0 Å². The number of amides is 4.